The number of hydrogen-bond donors (Lipinski definition) is 3. The van der Waals surface area contributed by atoms with E-state index in [1.54, 1.807) is 0 Å². The van der Waals surface area contributed by atoms with Gasteiger partial charge >= 0.3 is 0 Å². The predicted octanol–water partition coefficient (Wildman–Crippen LogP) is 3.94. The lowest BCUT2D eigenvalue weighted by Gasteiger charge is -2.11. The number of benzene rings is 1. The summed E-state index contributed by atoms with van der Waals surface area (Å²) >= 11 is 7.45. The van der Waals surface area contributed by atoms with Crippen molar-refractivity contribution in [1.82, 2.24) is 16.0 Å². The smallest absolute Gasteiger partial charge is 0.261 e. The van der Waals surface area contributed by atoms with Crippen molar-refractivity contribution in [1.29, 1.82) is 0 Å². The van der Waals surface area contributed by atoms with E-state index in [0.29, 0.717) is 13.1 Å². The number of rotatable bonds is 9. The van der Waals surface area contributed by atoms with Crippen LogP contribution in [0, 0.1) is 0 Å². The van der Waals surface area contributed by atoms with Crippen LogP contribution in [0.4, 0.5) is 0 Å². The summed E-state index contributed by atoms with van der Waals surface area (Å²) in [5.74, 6) is 0.773. The molecule has 1 amide bonds. The van der Waals surface area contributed by atoms with Crippen molar-refractivity contribution < 1.29 is 4.79 Å². The quantitative estimate of drug-likeness (QED) is 0.203. The van der Waals surface area contributed by atoms with Gasteiger partial charge in [-0.05, 0) is 48.9 Å². The number of halogens is 2. The third-order valence-corrected chi connectivity index (χ3v) is 4.68. The first-order valence-corrected chi connectivity index (χ1v) is 10.0. The van der Waals surface area contributed by atoms with Gasteiger partial charge in [0.25, 0.3) is 5.91 Å². The number of nitrogens with zero attached hydrogens (tertiary/aromatic N) is 1. The summed E-state index contributed by atoms with van der Waals surface area (Å²) in [6.07, 6.45) is 1.67. The molecular weight excluding hydrogens is 495 g/mol. The van der Waals surface area contributed by atoms with E-state index in [9.17, 15) is 4.79 Å². The fourth-order valence-electron chi connectivity index (χ4n) is 2.33. The van der Waals surface area contributed by atoms with Crippen LogP contribution in [0.15, 0.2) is 46.8 Å². The van der Waals surface area contributed by atoms with Crippen molar-refractivity contribution in [2.45, 2.75) is 19.8 Å². The molecular formula is C19H26ClIN4OS. The number of thiophene rings is 1. The van der Waals surface area contributed by atoms with Gasteiger partial charge in [-0.1, -0.05) is 29.8 Å². The lowest BCUT2D eigenvalue weighted by atomic mass is 10.1. The molecule has 5 nitrogen and oxygen atoms in total. The molecule has 1 aromatic heterocycles. The molecule has 0 aliphatic rings. The number of guanidine groups is 1. The Kier molecular flexibility index (Phi) is 12.1. The Hall–Kier alpha value is -1.32. The topological polar surface area (TPSA) is 65.5 Å². The van der Waals surface area contributed by atoms with E-state index in [1.807, 2.05) is 42.6 Å². The summed E-state index contributed by atoms with van der Waals surface area (Å²) in [6, 6.07) is 11.6. The zero-order valence-corrected chi connectivity index (χ0v) is 19.2. The van der Waals surface area contributed by atoms with Crippen molar-refractivity contribution in [3.05, 3.63) is 57.2 Å². The second kappa shape index (κ2) is 13.8. The summed E-state index contributed by atoms with van der Waals surface area (Å²) in [4.78, 5) is 17.1. The highest BCUT2D eigenvalue weighted by atomic mass is 127. The Bertz CT molecular complexity index is 709. The Morgan fingerprint density at radius 3 is 2.70 bits per heavy atom. The van der Waals surface area contributed by atoms with Crippen LogP contribution in [0.5, 0.6) is 0 Å². The molecule has 3 N–H and O–H groups in total. The molecule has 0 radical (unpaired) electrons. The normalized spacial score (nSPS) is 10.8. The van der Waals surface area contributed by atoms with Crippen LogP contribution in [0.2, 0.25) is 5.02 Å². The standard InChI is InChI=1S/C19H25ClN4OS.HI/c1-2-21-19(24-12-9-15-6-3-7-16(20)14-15)23-11-5-10-22-18(25)17-8-4-13-26-17;/h3-4,6-8,13-14H,2,5,9-12H2,1H3,(H,22,25)(H2,21,23,24);1H. The Balaban J connectivity index is 0.00000364. The average Bonchev–Trinajstić information content (AvgIpc) is 3.16. The number of carbonyl (C=O) groups is 1. The van der Waals surface area contributed by atoms with Gasteiger partial charge in [0.1, 0.15) is 0 Å². The van der Waals surface area contributed by atoms with Crippen LogP contribution in [0.25, 0.3) is 0 Å². The van der Waals surface area contributed by atoms with E-state index in [0.717, 1.165) is 41.8 Å². The van der Waals surface area contributed by atoms with Gasteiger partial charge in [0.15, 0.2) is 5.96 Å². The molecule has 1 aromatic carbocycles. The van der Waals surface area contributed by atoms with Gasteiger partial charge in [0.2, 0.25) is 0 Å². The number of aliphatic imine (C=N–C) groups is 1. The van der Waals surface area contributed by atoms with Gasteiger partial charge in [0, 0.05) is 31.2 Å². The van der Waals surface area contributed by atoms with E-state index in [-0.39, 0.29) is 29.9 Å². The maximum absolute atomic E-state index is 11.8. The van der Waals surface area contributed by atoms with E-state index in [1.165, 1.54) is 16.9 Å². The van der Waals surface area contributed by atoms with Crippen molar-refractivity contribution in [3.8, 4) is 0 Å². The van der Waals surface area contributed by atoms with E-state index in [2.05, 4.69) is 27.0 Å². The number of hydrogen-bond acceptors (Lipinski definition) is 3. The molecule has 2 rings (SSSR count). The van der Waals surface area contributed by atoms with Crippen molar-refractivity contribution in [3.63, 3.8) is 0 Å². The van der Waals surface area contributed by atoms with Crippen molar-refractivity contribution in [2.75, 3.05) is 26.2 Å². The monoisotopic (exact) mass is 520 g/mol. The molecule has 0 saturated heterocycles. The molecule has 27 heavy (non-hydrogen) atoms. The summed E-state index contributed by atoms with van der Waals surface area (Å²) in [5.41, 5.74) is 1.19. The van der Waals surface area contributed by atoms with Gasteiger partial charge in [-0.15, -0.1) is 35.3 Å². The molecule has 1 heterocycles. The Morgan fingerprint density at radius 1 is 1.15 bits per heavy atom. The lowest BCUT2D eigenvalue weighted by molar-refractivity contribution is 0.0957. The van der Waals surface area contributed by atoms with Crippen LogP contribution in [-0.2, 0) is 6.42 Å². The fraction of sp³-hybridized carbons (Fsp3) is 0.368. The van der Waals surface area contributed by atoms with Crippen LogP contribution >= 0.6 is 46.9 Å². The second-order valence-corrected chi connectivity index (χ2v) is 7.04. The molecule has 0 saturated carbocycles. The predicted molar refractivity (Wildman–Crippen MR) is 126 cm³/mol. The summed E-state index contributed by atoms with van der Waals surface area (Å²) in [7, 11) is 0. The Morgan fingerprint density at radius 2 is 2.00 bits per heavy atom. The first kappa shape index (κ1) is 23.7. The zero-order chi connectivity index (χ0) is 18.6. The highest BCUT2D eigenvalue weighted by molar-refractivity contribution is 14.0. The molecule has 0 bridgehead atoms. The van der Waals surface area contributed by atoms with Crippen molar-refractivity contribution >= 4 is 58.8 Å². The van der Waals surface area contributed by atoms with Gasteiger partial charge in [-0.3, -0.25) is 9.79 Å². The highest BCUT2D eigenvalue weighted by Crippen LogP contribution is 2.10. The Labute approximate surface area is 187 Å². The minimum Gasteiger partial charge on any atom is -0.357 e. The SMILES string of the molecule is CCNC(=NCCCNC(=O)c1cccs1)NCCc1cccc(Cl)c1.I. The maximum Gasteiger partial charge on any atom is 0.261 e. The van der Waals surface area contributed by atoms with Crippen LogP contribution in [0.1, 0.15) is 28.6 Å². The maximum atomic E-state index is 11.8. The first-order valence-electron chi connectivity index (χ1n) is 8.77. The average molecular weight is 521 g/mol. The summed E-state index contributed by atoms with van der Waals surface area (Å²) in [6.45, 7) is 4.88. The van der Waals surface area contributed by atoms with E-state index < -0.39 is 0 Å². The molecule has 8 heteroatoms. The molecule has 148 valence electrons. The highest BCUT2D eigenvalue weighted by Gasteiger charge is 2.04. The summed E-state index contributed by atoms with van der Waals surface area (Å²) < 4.78 is 0. The van der Waals surface area contributed by atoms with Crippen molar-refractivity contribution in [2.24, 2.45) is 4.99 Å². The van der Waals surface area contributed by atoms with Gasteiger partial charge in [0.05, 0.1) is 4.88 Å². The van der Waals surface area contributed by atoms with E-state index in [4.69, 9.17) is 11.6 Å². The third-order valence-electron chi connectivity index (χ3n) is 3.57. The number of nitrogens with one attached hydrogen (secondary N) is 3. The first-order chi connectivity index (χ1) is 12.7. The lowest BCUT2D eigenvalue weighted by Crippen LogP contribution is -2.38. The molecule has 0 fully saturated rings. The number of carbonyl (C=O) groups excluding carboxylic acids is 1. The molecule has 2 aromatic rings. The van der Waals surface area contributed by atoms with Gasteiger partial charge in [-0.25, -0.2) is 0 Å². The molecule has 0 aliphatic carbocycles. The zero-order valence-electron chi connectivity index (χ0n) is 15.3. The third kappa shape index (κ3) is 9.44. The fourth-order valence-corrected chi connectivity index (χ4v) is 3.18. The summed E-state index contributed by atoms with van der Waals surface area (Å²) in [5, 5.41) is 12.1. The molecule has 0 spiro atoms. The molecule has 0 aliphatic heterocycles. The van der Waals surface area contributed by atoms with Crippen LogP contribution < -0.4 is 16.0 Å². The van der Waals surface area contributed by atoms with Gasteiger partial charge < -0.3 is 16.0 Å². The second-order valence-electron chi connectivity index (χ2n) is 5.65. The van der Waals surface area contributed by atoms with E-state index >= 15 is 0 Å². The number of amides is 1. The van der Waals surface area contributed by atoms with Gasteiger partial charge in [-0.2, -0.15) is 0 Å². The molecule has 0 atom stereocenters. The minimum absolute atomic E-state index is 0. The van der Waals surface area contributed by atoms with Crippen LogP contribution in [0.3, 0.4) is 0 Å². The van der Waals surface area contributed by atoms with Crippen LogP contribution in [-0.4, -0.2) is 38.0 Å². The largest absolute Gasteiger partial charge is 0.357 e. The molecule has 0 unspecified atom stereocenters. The minimum atomic E-state index is -0.0180.